The number of ether oxygens (including phenoxy) is 1. The van der Waals surface area contributed by atoms with E-state index in [1.165, 1.54) is 0 Å². The number of imidazole rings is 1. The molecule has 0 spiro atoms. The van der Waals surface area contributed by atoms with Crippen molar-refractivity contribution in [2.24, 2.45) is 5.73 Å². The monoisotopic (exact) mass is 362 g/mol. The van der Waals surface area contributed by atoms with Crippen LogP contribution in [-0.2, 0) is 0 Å². The summed E-state index contributed by atoms with van der Waals surface area (Å²) in [6, 6.07) is 15.4. The molecule has 1 fully saturated rings. The van der Waals surface area contributed by atoms with Gasteiger partial charge in [0.2, 0.25) is 0 Å². The topological polar surface area (TPSA) is 73.4 Å². The number of amides is 1. The van der Waals surface area contributed by atoms with Crippen LogP contribution in [0.3, 0.4) is 0 Å². The van der Waals surface area contributed by atoms with Gasteiger partial charge in [-0.3, -0.25) is 4.79 Å². The number of likely N-dealkylation sites (tertiary alicyclic amines) is 1. The molecule has 1 saturated heterocycles. The van der Waals surface area contributed by atoms with Crippen molar-refractivity contribution in [3.63, 3.8) is 0 Å². The second-order valence-electron chi connectivity index (χ2n) is 6.77. The minimum atomic E-state index is -0.0914. The smallest absolute Gasteiger partial charge is 0.253 e. The SMILES string of the molecule is COc1cccc(C2CN(C(=O)c3ccc(-n4ccnc4)cc3)CC2N)c1. The molecule has 1 aliphatic rings. The molecule has 6 nitrogen and oxygen atoms in total. The summed E-state index contributed by atoms with van der Waals surface area (Å²) in [5.74, 6) is 0.918. The molecule has 0 radical (unpaired) electrons. The Bertz CT molecular complexity index is 922. The van der Waals surface area contributed by atoms with Gasteiger partial charge in [-0.2, -0.15) is 0 Å². The van der Waals surface area contributed by atoms with Gasteiger partial charge >= 0.3 is 0 Å². The van der Waals surface area contributed by atoms with E-state index in [1.807, 2.05) is 64.2 Å². The zero-order valence-electron chi connectivity index (χ0n) is 15.2. The number of rotatable bonds is 4. The molecule has 1 aromatic heterocycles. The standard InChI is InChI=1S/C21H22N4O2/c1-27-18-4-2-3-16(11-18)19-12-25(13-20(19)22)21(26)15-5-7-17(8-6-15)24-10-9-23-14-24/h2-11,14,19-20H,12-13,22H2,1H3. The van der Waals surface area contributed by atoms with E-state index in [-0.39, 0.29) is 17.9 Å². The Kier molecular flexibility index (Phi) is 4.64. The predicted molar refractivity (Wildman–Crippen MR) is 103 cm³/mol. The lowest BCUT2D eigenvalue weighted by molar-refractivity contribution is 0.0789. The molecular formula is C21H22N4O2. The third-order valence-electron chi connectivity index (χ3n) is 5.09. The van der Waals surface area contributed by atoms with Crippen molar-refractivity contribution >= 4 is 5.91 Å². The minimum Gasteiger partial charge on any atom is -0.497 e. The number of nitrogens with zero attached hydrogens (tertiary/aromatic N) is 3. The normalized spacial score (nSPS) is 19.3. The Morgan fingerprint density at radius 2 is 2.00 bits per heavy atom. The first-order valence-corrected chi connectivity index (χ1v) is 8.93. The van der Waals surface area contributed by atoms with Gasteiger partial charge < -0.3 is 19.9 Å². The van der Waals surface area contributed by atoms with Crippen molar-refractivity contribution in [1.82, 2.24) is 14.5 Å². The van der Waals surface area contributed by atoms with Crippen LogP contribution in [-0.4, -0.2) is 46.6 Å². The van der Waals surface area contributed by atoms with Crippen molar-refractivity contribution in [2.45, 2.75) is 12.0 Å². The van der Waals surface area contributed by atoms with E-state index in [9.17, 15) is 4.79 Å². The molecule has 2 unspecified atom stereocenters. The summed E-state index contributed by atoms with van der Waals surface area (Å²) in [5.41, 5.74) is 9.09. The summed E-state index contributed by atoms with van der Waals surface area (Å²) >= 11 is 0. The van der Waals surface area contributed by atoms with Gasteiger partial charge in [0, 0.05) is 48.7 Å². The summed E-state index contributed by atoms with van der Waals surface area (Å²) in [6.45, 7) is 1.15. The number of hydrogen-bond donors (Lipinski definition) is 1. The van der Waals surface area contributed by atoms with Gasteiger partial charge in [0.1, 0.15) is 5.75 Å². The van der Waals surface area contributed by atoms with Crippen LogP contribution in [0.2, 0.25) is 0 Å². The van der Waals surface area contributed by atoms with Crippen molar-refractivity contribution in [3.05, 3.63) is 78.4 Å². The van der Waals surface area contributed by atoms with Crippen molar-refractivity contribution in [2.75, 3.05) is 20.2 Å². The molecular weight excluding hydrogens is 340 g/mol. The molecule has 4 rings (SSSR count). The highest BCUT2D eigenvalue weighted by atomic mass is 16.5. The number of carbonyl (C=O) groups excluding carboxylic acids is 1. The maximum absolute atomic E-state index is 12.9. The van der Waals surface area contributed by atoms with E-state index in [0.717, 1.165) is 17.0 Å². The molecule has 2 N–H and O–H groups in total. The number of nitrogens with two attached hydrogens (primary N) is 1. The molecule has 1 aliphatic heterocycles. The Hall–Kier alpha value is -3.12. The molecule has 2 atom stereocenters. The number of carbonyl (C=O) groups is 1. The van der Waals surface area contributed by atoms with Crippen molar-refractivity contribution in [1.29, 1.82) is 0 Å². The molecule has 2 heterocycles. The Labute approximate surface area is 158 Å². The number of methoxy groups -OCH3 is 1. The van der Waals surface area contributed by atoms with Crippen LogP contribution in [0, 0.1) is 0 Å². The average Bonchev–Trinajstić information content (AvgIpc) is 3.37. The Balaban J connectivity index is 1.49. The van der Waals surface area contributed by atoms with Crippen molar-refractivity contribution in [3.8, 4) is 11.4 Å². The van der Waals surface area contributed by atoms with Gasteiger partial charge in [-0.1, -0.05) is 12.1 Å². The van der Waals surface area contributed by atoms with Gasteiger partial charge in [0.15, 0.2) is 0 Å². The van der Waals surface area contributed by atoms with Gasteiger partial charge in [-0.05, 0) is 42.0 Å². The van der Waals surface area contributed by atoms with Gasteiger partial charge in [-0.15, -0.1) is 0 Å². The van der Waals surface area contributed by atoms with Crippen LogP contribution in [0.4, 0.5) is 0 Å². The predicted octanol–water partition coefficient (Wildman–Crippen LogP) is 2.45. The maximum atomic E-state index is 12.9. The third-order valence-corrected chi connectivity index (χ3v) is 5.09. The van der Waals surface area contributed by atoms with Crippen LogP contribution in [0.1, 0.15) is 21.8 Å². The largest absolute Gasteiger partial charge is 0.497 e. The van der Waals surface area contributed by atoms with Crippen LogP contribution in [0.15, 0.2) is 67.3 Å². The van der Waals surface area contributed by atoms with Crippen LogP contribution >= 0.6 is 0 Å². The zero-order chi connectivity index (χ0) is 18.8. The first-order valence-electron chi connectivity index (χ1n) is 8.93. The summed E-state index contributed by atoms with van der Waals surface area (Å²) in [6.07, 6.45) is 5.33. The fourth-order valence-corrected chi connectivity index (χ4v) is 3.59. The van der Waals surface area contributed by atoms with E-state index >= 15 is 0 Å². The molecule has 27 heavy (non-hydrogen) atoms. The second kappa shape index (κ2) is 7.25. The van der Waals surface area contributed by atoms with Crippen LogP contribution in [0.25, 0.3) is 5.69 Å². The lowest BCUT2D eigenvalue weighted by atomic mass is 9.95. The highest BCUT2D eigenvalue weighted by Gasteiger charge is 2.34. The highest BCUT2D eigenvalue weighted by molar-refractivity contribution is 5.94. The molecule has 0 saturated carbocycles. The second-order valence-corrected chi connectivity index (χ2v) is 6.77. The van der Waals surface area contributed by atoms with E-state index in [0.29, 0.717) is 18.7 Å². The molecule has 2 aromatic carbocycles. The Morgan fingerprint density at radius 1 is 1.19 bits per heavy atom. The van der Waals surface area contributed by atoms with Crippen LogP contribution in [0.5, 0.6) is 5.75 Å². The third kappa shape index (κ3) is 3.44. The fourth-order valence-electron chi connectivity index (χ4n) is 3.59. The highest BCUT2D eigenvalue weighted by Crippen LogP contribution is 2.29. The number of hydrogen-bond acceptors (Lipinski definition) is 4. The number of benzene rings is 2. The summed E-state index contributed by atoms with van der Waals surface area (Å²) < 4.78 is 7.21. The molecule has 1 amide bonds. The lowest BCUT2D eigenvalue weighted by Gasteiger charge is -2.17. The molecule has 3 aromatic rings. The van der Waals surface area contributed by atoms with E-state index < -0.39 is 0 Å². The Morgan fingerprint density at radius 3 is 2.70 bits per heavy atom. The summed E-state index contributed by atoms with van der Waals surface area (Å²) in [4.78, 5) is 18.8. The van der Waals surface area contributed by atoms with Gasteiger partial charge in [0.05, 0.1) is 13.4 Å². The van der Waals surface area contributed by atoms with E-state index in [1.54, 1.807) is 19.6 Å². The zero-order valence-corrected chi connectivity index (χ0v) is 15.2. The van der Waals surface area contributed by atoms with E-state index in [4.69, 9.17) is 10.5 Å². The molecule has 0 bridgehead atoms. The number of aromatic nitrogens is 2. The van der Waals surface area contributed by atoms with Gasteiger partial charge in [-0.25, -0.2) is 4.98 Å². The van der Waals surface area contributed by atoms with Crippen molar-refractivity contribution < 1.29 is 9.53 Å². The molecule has 0 aliphatic carbocycles. The summed E-state index contributed by atoms with van der Waals surface area (Å²) in [5, 5.41) is 0. The van der Waals surface area contributed by atoms with Gasteiger partial charge in [0.25, 0.3) is 5.91 Å². The van der Waals surface area contributed by atoms with Crippen LogP contribution < -0.4 is 10.5 Å². The average molecular weight is 362 g/mol. The molecule has 138 valence electrons. The maximum Gasteiger partial charge on any atom is 0.253 e. The first kappa shape index (κ1) is 17.3. The summed E-state index contributed by atoms with van der Waals surface area (Å²) in [7, 11) is 1.65. The fraction of sp³-hybridized carbons (Fsp3) is 0.238. The molecule has 6 heteroatoms. The van der Waals surface area contributed by atoms with E-state index in [2.05, 4.69) is 4.98 Å². The first-order chi connectivity index (χ1) is 13.2. The minimum absolute atomic E-state index is 0.00743. The quantitative estimate of drug-likeness (QED) is 0.774. The lowest BCUT2D eigenvalue weighted by Crippen LogP contribution is -2.32.